The van der Waals surface area contributed by atoms with Crippen molar-refractivity contribution < 1.29 is 0 Å². The SMILES string of the molecule is CCc1cc(NC(c2cccc(C)c2)c2ccccn2)nc(-c2ccncc2)n1. The van der Waals surface area contributed by atoms with Crippen LogP contribution in [0.4, 0.5) is 5.82 Å². The Hall–Kier alpha value is -3.60. The standard InChI is InChI=1S/C24H23N5/c1-3-20-16-22(29-24(27-20)18-10-13-25-14-11-18)28-23(21-9-4-5-12-26-21)19-8-6-7-17(2)15-19/h4-16,23H,3H2,1-2H3,(H,27,28,29). The predicted octanol–water partition coefficient (Wildman–Crippen LogP) is 5.01. The molecule has 3 aromatic heterocycles. The van der Waals surface area contributed by atoms with Gasteiger partial charge in [0.15, 0.2) is 5.82 Å². The molecule has 1 atom stereocenters. The van der Waals surface area contributed by atoms with E-state index in [2.05, 4.69) is 53.4 Å². The molecule has 0 aliphatic carbocycles. The summed E-state index contributed by atoms with van der Waals surface area (Å²) in [7, 11) is 0. The Morgan fingerprint density at radius 1 is 0.897 bits per heavy atom. The maximum atomic E-state index is 4.79. The van der Waals surface area contributed by atoms with Gasteiger partial charge in [-0.25, -0.2) is 9.97 Å². The number of nitrogens with zero attached hydrogens (tertiary/aromatic N) is 4. The lowest BCUT2D eigenvalue weighted by atomic mass is 10.0. The smallest absolute Gasteiger partial charge is 0.161 e. The summed E-state index contributed by atoms with van der Waals surface area (Å²) in [6, 6.07) is 20.2. The number of aryl methyl sites for hydroxylation is 2. The third kappa shape index (κ3) is 4.46. The predicted molar refractivity (Wildman–Crippen MR) is 116 cm³/mol. The molecule has 4 aromatic rings. The van der Waals surface area contributed by atoms with Crippen LogP contribution >= 0.6 is 0 Å². The molecular weight excluding hydrogens is 358 g/mol. The highest BCUT2D eigenvalue weighted by molar-refractivity contribution is 5.57. The van der Waals surface area contributed by atoms with Gasteiger partial charge in [-0.05, 0) is 43.2 Å². The molecule has 1 aromatic carbocycles. The number of hydrogen-bond acceptors (Lipinski definition) is 5. The van der Waals surface area contributed by atoms with Crippen molar-refractivity contribution in [2.75, 3.05) is 5.32 Å². The molecule has 0 aliphatic heterocycles. The quantitative estimate of drug-likeness (QED) is 0.509. The number of benzene rings is 1. The molecule has 0 saturated heterocycles. The average Bonchev–Trinajstić information content (AvgIpc) is 2.78. The summed E-state index contributed by atoms with van der Waals surface area (Å²) >= 11 is 0. The van der Waals surface area contributed by atoms with Crippen molar-refractivity contribution in [3.63, 3.8) is 0 Å². The van der Waals surface area contributed by atoms with Gasteiger partial charge in [-0.15, -0.1) is 0 Å². The van der Waals surface area contributed by atoms with Crippen molar-refractivity contribution in [1.82, 2.24) is 19.9 Å². The lowest BCUT2D eigenvalue weighted by Gasteiger charge is -2.20. The van der Waals surface area contributed by atoms with Gasteiger partial charge in [-0.2, -0.15) is 0 Å². The molecule has 0 aliphatic rings. The van der Waals surface area contributed by atoms with Gasteiger partial charge in [-0.3, -0.25) is 9.97 Å². The maximum absolute atomic E-state index is 4.79. The van der Waals surface area contributed by atoms with Crippen molar-refractivity contribution in [2.45, 2.75) is 26.3 Å². The van der Waals surface area contributed by atoms with Gasteiger partial charge in [0.25, 0.3) is 0 Å². The monoisotopic (exact) mass is 381 g/mol. The molecule has 1 N–H and O–H groups in total. The fourth-order valence-corrected chi connectivity index (χ4v) is 3.25. The number of aromatic nitrogens is 4. The van der Waals surface area contributed by atoms with Crippen LogP contribution in [0, 0.1) is 6.92 Å². The van der Waals surface area contributed by atoms with E-state index in [0.717, 1.165) is 34.8 Å². The number of hydrogen-bond donors (Lipinski definition) is 1. The Balaban J connectivity index is 1.76. The summed E-state index contributed by atoms with van der Waals surface area (Å²) in [6.45, 7) is 4.19. The first kappa shape index (κ1) is 18.7. The molecule has 29 heavy (non-hydrogen) atoms. The van der Waals surface area contributed by atoms with Crippen molar-refractivity contribution in [3.8, 4) is 11.4 Å². The van der Waals surface area contributed by atoms with E-state index in [9.17, 15) is 0 Å². The number of rotatable bonds is 6. The first-order chi connectivity index (χ1) is 14.2. The van der Waals surface area contributed by atoms with E-state index in [4.69, 9.17) is 9.97 Å². The first-order valence-corrected chi connectivity index (χ1v) is 9.75. The first-order valence-electron chi connectivity index (χ1n) is 9.75. The van der Waals surface area contributed by atoms with E-state index in [1.54, 1.807) is 12.4 Å². The Morgan fingerprint density at radius 2 is 1.76 bits per heavy atom. The van der Waals surface area contributed by atoms with Crippen molar-refractivity contribution in [2.24, 2.45) is 0 Å². The second kappa shape index (κ2) is 8.61. The van der Waals surface area contributed by atoms with Crippen molar-refractivity contribution in [3.05, 3.63) is 102 Å². The highest BCUT2D eigenvalue weighted by Crippen LogP contribution is 2.27. The molecule has 144 valence electrons. The Bertz CT molecular complexity index is 1080. The zero-order chi connectivity index (χ0) is 20.1. The molecule has 0 amide bonds. The second-order valence-corrected chi connectivity index (χ2v) is 6.90. The van der Waals surface area contributed by atoms with Crippen LogP contribution < -0.4 is 5.32 Å². The van der Waals surface area contributed by atoms with Gasteiger partial charge in [0, 0.05) is 35.9 Å². The van der Waals surface area contributed by atoms with Crippen LogP contribution in [0.5, 0.6) is 0 Å². The van der Waals surface area contributed by atoms with E-state index in [0.29, 0.717) is 5.82 Å². The molecule has 0 bridgehead atoms. The Morgan fingerprint density at radius 3 is 2.48 bits per heavy atom. The van der Waals surface area contributed by atoms with E-state index in [1.807, 2.05) is 42.6 Å². The highest BCUT2D eigenvalue weighted by atomic mass is 15.1. The molecule has 0 saturated carbocycles. The summed E-state index contributed by atoms with van der Waals surface area (Å²) in [5, 5.41) is 3.59. The third-order valence-electron chi connectivity index (χ3n) is 4.73. The average molecular weight is 381 g/mol. The van der Waals surface area contributed by atoms with Gasteiger partial charge in [0.1, 0.15) is 5.82 Å². The van der Waals surface area contributed by atoms with Crippen LogP contribution in [-0.4, -0.2) is 19.9 Å². The van der Waals surface area contributed by atoms with E-state index >= 15 is 0 Å². The topological polar surface area (TPSA) is 63.6 Å². The molecule has 3 heterocycles. The summed E-state index contributed by atoms with van der Waals surface area (Å²) in [4.78, 5) is 18.2. The van der Waals surface area contributed by atoms with Crippen molar-refractivity contribution >= 4 is 5.82 Å². The molecule has 4 rings (SSSR count). The molecular formula is C24H23N5. The minimum Gasteiger partial charge on any atom is -0.357 e. The maximum Gasteiger partial charge on any atom is 0.161 e. The van der Waals surface area contributed by atoms with Gasteiger partial charge >= 0.3 is 0 Å². The summed E-state index contributed by atoms with van der Waals surface area (Å²) in [6.07, 6.45) is 6.16. The highest BCUT2D eigenvalue weighted by Gasteiger charge is 2.17. The fourth-order valence-electron chi connectivity index (χ4n) is 3.25. The minimum absolute atomic E-state index is 0.110. The van der Waals surface area contributed by atoms with Crippen LogP contribution in [0.3, 0.4) is 0 Å². The summed E-state index contributed by atoms with van der Waals surface area (Å²) in [5.74, 6) is 1.47. The van der Waals surface area contributed by atoms with Crippen molar-refractivity contribution in [1.29, 1.82) is 0 Å². The van der Waals surface area contributed by atoms with Gasteiger partial charge in [0.05, 0.1) is 11.7 Å². The fraction of sp³-hybridized carbons (Fsp3) is 0.167. The summed E-state index contributed by atoms with van der Waals surface area (Å²) in [5.41, 5.74) is 5.23. The Labute approximate surface area is 170 Å². The lowest BCUT2D eigenvalue weighted by molar-refractivity contribution is 0.870. The molecule has 5 nitrogen and oxygen atoms in total. The van der Waals surface area contributed by atoms with Crippen LogP contribution in [0.15, 0.2) is 79.3 Å². The van der Waals surface area contributed by atoms with Crippen LogP contribution in [-0.2, 0) is 6.42 Å². The zero-order valence-electron chi connectivity index (χ0n) is 16.6. The minimum atomic E-state index is -0.110. The molecule has 0 radical (unpaired) electrons. The number of pyridine rings is 2. The molecule has 1 unspecified atom stereocenters. The van der Waals surface area contributed by atoms with Crippen LogP contribution in [0.1, 0.15) is 35.5 Å². The Kier molecular flexibility index (Phi) is 5.56. The number of nitrogens with one attached hydrogen (secondary N) is 1. The molecule has 5 heteroatoms. The second-order valence-electron chi connectivity index (χ2n) is 6.90. The molecule has 0 spiro atoms. The lowest BCUT2D eigenvalue weighted by Crippen LogP contribution is -2.15. The summed E-state index contributed by atoms with van der Waals surface area (Å²) < 4.78 is 0. The van der Waals surface area contributed by atoms with E-state index in [-0.39, 0.29) is 6.04 Å². The number of anilines is 1. The zero-order valence-corrected chi connectivity index (χ0v) is 16.6. The van der Waals surface area contributed by atoms with E-state index in [1.165, 1.54) is 5.56 Å². The third-order valence-corrected chi connectivity index (χ3v) is 4.73. The van der Waals surface area contributed by atoms with Crippen LogP contribution in [0.2, 0.25) is 0 Å². The molecule has 0 fully saturated rings. The van der Waals surface area contributed by atoms with E-state index < -0.39 is 0 Å². The normalized spacial score (nSPS) is 11.8. The van der Waals surface area contributed by atoms with Gasteiger partial charge < -0.3 is 5.32 Å². The van der Waals surface area contributed by atoms with Crippen LogP contribution in [0.25, 0.3) is 11.4 Å². The largest absolute Gasteiger partial charge is 0.357 e. The van der Waals surface area contributed by atoms with Gasteiger partial charge in [0.2, 0.25) is 0 Å². The van der Waals surface area contributed by atoms with Gasteiger partial charge in [-0.1, -0.05) is 42.8 Å².